The van der Waals surface area contributed by atoms with Crippen molar-refractivity contribution in [1.82, 2.24) is 0 Å². The van der Waals surface area contributed by atoms with Gasteiger partial charge in [0.25, 0.3) is 0 Å². The summed E-state index contributed by atoms with van der Waals surface area (Å²) in [6, 6.07) is 8.70. The second kappa shape index (κ2) is 6.87. The van der Waals surface area contributed by atoms with E-state index in [0.29, 0.717) is 18.5 Å². The number of fused-ring (bicyclic) bond motifs is 1. The number of hydrogen-bond donors (Lipinski definition) is 0. The number of hydrogen-bond acceptors (Lipinski definition) is 2. The third-order valence-electron chi connectivity index (χ3n) is 2.84. The minimum absolute atomic E-state index is 0.232. The Morgan fingerprint density at radius 3 is 2.74 bits per heavy atom. The van der Waals surface area contributed by atoms with Crippen molar-refractivity contribution >= 4 is 26.7 Å². The highest BCUT2D eigenvalue weighted by molar-refractivity contribution is 9.08. The summed E-state index contributed by atoms with van der Waals surface area (Å²) < 4.78 is 24.1. The fraction of sp³-hybridized carbons (Fsp3) is 0.333. The predicted octanol–water partition coefficient (Wildman–Crippen LogP) is 4.29. The third-order valence-corrected chi connectivity index (χ3v) is 3.49. The fourth-order valence-corrected chi connectivity index (χ4v) is 2.27. The molecular formula is C15H16BrFO2. The van der Waals surface area contributed by atoms with Gasteiger partial charge >= 0.3 is 0 Å². The molecule has 0 bridgehead atoms. The highest BCUT2D eigenvalue weighted by Crippen LogP contribution is 2.29. The van der Waals surface area contributed by atoms with Crippen molar-refractivity contribution in [2.75, 3.05) is 20.3 Å². The molecule has 4 heteroatoms. The first-order chi connectivity index (χ1) is 9.24. The molecule has 2 rings (SSSR count). The average molecular weight is 327 g/mol. The molecule has 0 amide bonds. The van der Waals surface area contributed by atoms with Crippen LogP contribution in [0.15, 0.2) is 30.3 Å². The van der Waals surface area contributed by atoms with Crippen LogP contribution >= 0.6 is 15.9 Å². The van der Waals surface area contributed by atoms with Crippen LogP contribution in [-0.2, 0) is 10.1 Å². The van der Waals surface area contributed by atoms with E-state index in [1.807, 2.05) is 12.1 Å². The Morgan fingerprint density at radius 1 is 1.16 bits per heavy atom. The van der Waals surface area contributed by atoms with Crippen LogP contribution in [0.2, 0.25) is 0 Å². The minimum atomic E-state index is -0.232. The van der Waals surface area contributed by atoms with Crippen LogP contribution in [0.1, 0.15) is 12.0 Å². The zero-order valence-corrected chi connectivity index (χ0v) is 12.4. The lowest BCUT2D eigenvalue weighted by molar-refractivity contribution is 0.172. The van der Waals surface area contributed by atoms with Crippen LogP contribution in [0.4, 0.5) is 4.39 Å². The zero-order valence-electron chi connectivity index (χ0n) is 10.8. The monoisotopic (exact) mass is 326 g/mol. The van der Waals surface area contributed by atoms with E-state index in [0.717, 1.165) is 28.5 Å². The third kappa shape index (κ3) is 3.67. The molecule has 0 radical (unpaired) electrons. The van der Waals surface area contributed by atoms with Gasteiger partial charge in [-0.3, -0.25) is 0 Å². The molecule has 0 aliphatic rings. The summed E-state index contributed by atoms with van der Waals surface area (Å²) in [6.45, 7) is 1.26. The molecule has 0 saturated carbocycles. The van der Waals surface area contributed by atoms with Crippen LogP contribution in [0.25, 0.3) is 10.8 Å². The standard InChI is InChI=1S/C15H16BrFO2/c1-18-5-2-6-19-15-8-11(10-16)7-12-9-13(17)3-4-14(12)15/h3-4,7-9H,2,5-6,10H2,1H3. The smallest absolute Gasteiger partial charge is 0.127 e. The summed E-state index contributed by atoms with van der Waals surface area (Å²) in [4.78, 5) is 0. The van der Waals surface area contributed by atoms with E-state index in [2.05, 4.69) is 15.9 Å². The van der Waals surface area contributed by atoms with E-state index in [-0.39, 0.29) is 5.82 Å². The Labute approximate surface area is 120 Å². The van der Waals surface area contributed by atoms with E-state index in [1.165, 1.54) is 12.1 Å². The van der Waals surface area contributed by atoms with Crippen molar-refractivity contribution in [3.05, 3.63) is 41.7 Å². The molecule has 0 spiro atoms. The maximum Gasteiger partial charge on any atom is 0.127 e. The highest BCUT2D eigenvalue weighted by atomic mass is 79.9. The summed E-state index contributed by atoms with van der Waals surface area (Å²) in [5.41, 5.74) is 1.07. The van der Waals surface area contributed by atoms with Gasteiger partial charge in [0.1, 0.15) is 11.6 Å². The molecule has 0 aliphatic carbocycles. The van der Waals surface area contributed by atoms with Crippen LogP contribution < -0.4 is 4.74 Å². The molecule has 2 aromatic carbocycles. The van der Waals surface area contributed by atoms with Crippen LogP contribution in [-0.4, -0.2) is 20.3 Å². The Hall–Kier alpha value is -1.13. The number of methoxy groups -OCH3 is 1. The molecule has 0 aliphatic heterocycles. The maximum absolute atomic E-state index is 13.3. The van der Waals surface area contributed by atoms with Crippen molar-refractivity contribution in [3.8, 4) is 5.75 Å². The van der Waals surface area contributed by atoms with E-state index < -0.39 is 0 Å². The van der Waals surface area contributed by atoms with Crippen molar-refractivity contribution in [1.29, 1.82) is 0 Å². The van der Waals surface area contributed by atoms with Gasteiger partial charge in [0.05, 0.1) is 6.61 Å². The van der Waals surface area contributed by atoms with Crippen LogP contribution in [0.3, 0.4) is 0 Å². The molecule has 0 heterocycles. The highest BCUT2D eigenvalue weighted by Gasteiger charge is 2.06. The summed E-state index contributed by atoms with van der Waals surface area (Å²) in [6.07, 6.45) is 0.831. The maximum atomic E-state index is 13.3. The lowest BCUT2D eigenvalue weighted by Crippen LogP contribution is -2.02. The molecular weight excluding hydrogens is 311 g/mol. The molecule has 0 unspecified atom stereocenters. The molecule has 0 saturated heterocycles. The number of ether oxygens (including phenoxy) is 2. The number of benzene rings is 2. The lowest BCUT2D eigenvalue weighted by Gasteiger charge is -2.11. The summed E-state index contributed by atoms with van der Waals surface area (Å²) in [5, 5.41) is 2.51. The van der Waals surface area contributed by atoms with Gasteiger partial charge in [-0.15, -0.1) is 0 Å². The van der Waals surface area contributed by atoms with Gasteiger partial charge in [0.2, 0.25) is 0 Å². The molecule has 102 valence electrons. The largest absolute Gasteiger partial charge is 0.493 e. The van der Waals surface area contributed by atoms with E-state index in [9.17, 15) is 4.39 Å². The number of rotatable bonds is 6. The first kappa shape index (κ1) is 14.3. The van der Waals surface area contributed by atoms with Crippen molar-refractivity contribution in [3.63, 3.8) is 0 Å². The molecule has 0 N–H and O–H groups in total. The molecule has 0 atom stereocenters. The van der Waals surface area contributed by atoms with Crippen LogP contribution in [0.5, 0.6) is 5.75 Å². The Bertz CT molecular complexity index is 557. The van der Waals surface area contributed by atoms with E-state index in [1.54, 1.807) is 13.2 Å². The summed E-state index contributed by atoms with van der Waals surface area (Å²) >= 11 is 3.42. The lowest BCUT2D eigenvalue weighted by atomic mass is 10.1. The van der Waals surface area contributed by atoms with Crippen LogP contribution in [0, 0.1) is 5.82 Å². The summed E-state index contributed by atoms with van der Waals surface area (Å²) in [7, 11) is 1.67. The van der Waals surface area contributed by atoms with Gasteiger partial charge in [0.15, 0.2) is 0 Å². The molecule has 19 heavy (non-hydrogen) atoms. The number of alkyl halides is 1. The second-order valence-electron chi connectivity index (χ2n) is 4.29. The average Bonchev–Trinajstić information content (AvgIpc) is 2.42. The van der Waals surface area contributed by atoms with Gasteiger partial charge in [-0.05, 0) is 41.3 Å². The topological polar surface area (TPSA) is 18.5 Å². The van der Waals surface area contributed by atoms with Gasteiger partial charge in [-0.1, -0.05) is 15.9 Å². The van der Waals surface area contributed by atoms with E-state index in [4.69, 9.17) is 9.47 Å². The van der Waals surface area contributed by atoms with E-state index >= 15 is 0 Å². The van der Waals surface area contributed by atoms with Gasteiger partial charge < -0.3 is 9.47 Å². The molecule has 0 aromatic heterocycles. The molecule has 2 nitrogen and oxygen atoms in total. The van der Waals surface area contributed by atoms with Crippen molar-refractivity contribution in [2.24, 2.45) is 0 Å². The minimum Gasteiger partial charge on any atom is -0.493 e. The van der Waals surface area contributed by atoms with Gasteiger partial charge in [-0.2, -0.15) is 0 Å². The fourth-order valence-electron chi connectivity index (χ4n) is 1.95. The first-order valence-electron chi connectivity index (χ1n) is 6.14. The Kier molecular flexibility index (Phi) is 5.16. The zero-order chi connectivity index (χ0) is 13.7. The number of halogens is 2. The normalized spacial score (nSPS) is 10.9. The predicted molar refractivity (Wildman–Crippen MR) is 78.5 cm³/mol. The molecule has 0 fully saturated rings. The Balaban J connectivity index is 2.29. The van der Waals surface area contributed by atoms with Gasteiger partial charge in [0, 0.05) is 30.9 Å². The Morgan fingerprint density at radius 2 is 2.00 bits per heavy atom. The second-order valence-corrected chi connectivity index (χ2v) is 4.85. The SMILES string of the molecule is COCCCOc1cc(CBr)cc2cc(F)ccc12. The van der Waals surface area contributed by atoms with Crippen molar-refractivity contribution < 1.29 is 13.9 Å². The first-order valence-corrected chi connectivity index (χ1v) is 7.26. The van der Waals surface area contributed by atoms with Crippen molar-refractivity contribution in [2.45, 2.75) is 11.8 Å². The van der Waals surface area contributed by atoms with Gasteiger partial charge in [-0.25, -0.2) is 4.39 Å². The molecule has 2 aromatic rings. The quantitative estimate of drug-likeness (QED) is 0.582. The summed E-state index contributed by atoms with van der Waals surface area (Å²) in [5.74, 6) is 0.563.